The van der Waals surface area contributed by atoms with Gasteiger partial charge in [-0.3, -0.25) is 0 Å². The van der Waals surface area contributed by atoms with E-state index in [0.717, 1.165) is 5.56 Å². The van der Waals surface area contributed by atoms with E-state index >= 15 is 0 Å². The second-order valence-corrected chi connectivity index (χ2v) is 4.63. The molecule has 2 aromatic rings. The van der Waals surface area contributed by atoms with E-state index < -0.39 is 0 Å². The molecule has 0 spiro atoms. The van der Waals surface area contributed by atoms with Gasteiger partial charge >= 0.3 is 0 Å². The SMILES string of the molecule is CN(Cc1ccc(C#N)cc1Cl)c1ccccc1F. The van der Waals surface area contributed by atoms with Gasteiger partial charge < -0.3 is 4.90 Å². The standard InChI is InChI=1S/C15H12ClFN2/c1-19(15-5-3-2-4-14(15)17)10-12-7-6-11(9-18)8-13(12)16/h2-8H,10H2,1H3. The fourth-order valence-corrected chi connectivity index (χ4v) is 2.09. The van der Waals surface area contributed by atoms with Crippen molar-refractivity contribution in [3.05, 3.63) is 64.4 Å². The first kappa shape index (κ1) is 13.4. The molecule has 0 aliphatic carbocycles. The largest absolute Gasteiger partial charge is 0.368 e. The van der Waals surface area contributed by atoms with E-state index in [9.17, 15) is 4.39 Å². The van der Waals surface area contributed by atoms with Gasteiger partial charge in [0.1, 0.15) is 5.82 Å². The van der Waals surface area contributed by atoms with Crippen molar-refractivity contribution < 1.29 is 4.39 Å². The highest BCUT2D eigenvalue weighted by Gasteiger charge is 2.09. The van der Waals surface area contributed by atoms with Crippen LogP contribution in [-0.2, 0) is 6.54 Å². The second kappa shape index (κ2) is 5.73. The van der Waals surface area contributed by atoms with Crippen LogP contribution in [0.5, 0.6) is 0 Å². The Hall–Kier alpha value is -2.05. The van der Waals surface area contributed by atoms with Gasteiger partial charge in [-0.2, -0.15) is 5.26 Å². The van der Waals surface area contributed by atoms with Gasteiger partial charge in [-0.05, 0) is 29.8 Å². The molecule has 0 radical (unpaired) electrons. The molecule has 96 valence electrons. The minimum absolute atomic E-state index is 0.269. The molecule has 2 aromatic carbocycles. The third-order valence-electron chi connectivity index (χ3n) is 2.85. The van der Waals surface area contributed by atoms with Crippen LogP contribution in [0.4, 0.5) is 10.1 Å². The van der Waals surface area contributed by atoms with Crippen molar-refractivity contribution in [3.8, 4) is 6.07 Å². The number of para-hydroxylation sites is 1. The van der Waals surface area contributed by atoms with Crippen molar-refractivity contribution in [2.45, 2.75) is 6.54 Å². The van der Waals surface area contributed by atoms with E-state index in [-0.39, 0.29) is 5.82 Å². The first-order valence-electron chi connectivity index (χ1n) is 5.76. The maximum atomic E-state index is 13.6. The molecule has 0 saturated carbocycles. The number of benzene rings is 2. The van der Waals surface area contributed by atoms with E-state index in [1.807, 2.05) is 6.07 Å². The highest BCUT2D eigenvalue weighted by Crippen LogP contribution is 2.23. The van der Waals surface area contributed by atoms with E-state index in [4.69, 9.17) is 16.9 Å². The summed E-state index contributed by atoms with van der Waals surface area (Å²) in [7, 11) is 1.80. The molecule has 2 rings (SSSR count). The van der Waals surface area contributed by atoms with E-state index in [2.05, 4.69) is 0 Å². The molecule has 0 atom stereocenters. The molecule has 0 amide bonds. The first-order valence-corrected chi connectivity index (χ1v) is 6.14. The summed E-state index contributed by atoms with van der Waals surface area (Å²) < 4.78 is 13.6. The average Bonchev–Trinajstić information content (AvgIpc) is 2.41. The van der Waals surface area contributed by atoms with Gasteiger partial charge in [0.05, 0.1) is 17.3 Å². The van der Waals surface area contributed by atoms with E-state index in [1.165, 1.54) is 6.07 Å². The molecule has 0 unspecified atom stereocenters. The quantitative estimate of drug-likeness (QED) is 0.846. The average molecular weight is 275 g/mol. The minimum Gasteiger partial charge on any atom is -0.368 e. The summed E-state index contributed by atoms with van der Waals surface area (Å²) in [6.45, 7) is 0.478. The number of hydrogen-bond donors (Lipinski definition) is 0. The van der Waals surface area contributed by atoms with Gasteiger partial charge in [0.15, 0.2) is 0 Å². The number of nitriles is 1. The van der Waals surface area contributed by atoms with Crippen LogP contribution in [0.3, 0.4) is 0 Å². The normalized spacial score (nSPS) is 10.0. The second-order valence-electron chi connectivity index (χ2n) is 4.23. The summed E-state index contributed by atoms with van der Waals surface area (Å²) in [4.78, 5) is 1.78. The summed E-state index contributed by atoms with van der Waals surface area (Å²) in [5.41, 5.74) is 1.89. The van der Waals surface area contributed by atoms with Crippen LogP contribution in [0.25, 0.3) is 0 Å². The fourth-order valence-electron chi connectivity index (χ4n) is 1.85. The Labute approximate surface area is 116 Å². The lowest BCUT2D eigenvalue weighted by Gasteiger charge is -2.20. The lowest BCUT2D eigenvalue weighted by atomic mass is 10.1. The van der Waals surface area contributed by atoms with Gasteiger partial charge in [0.25, 0.3) is 0 Å². The van der Waals surface area contributed by atoms with Crippen LogP contribution in [0.15, 0.2) is 42.5 Å². The molecule has 0 aliphatic heterocycles. The molecule has 0 saturated heterocycles. The van der Waals surface area contributed by atoms with Crippen molar-refractivity contribution in [2.75, 3.05) is 11.9 Å². The Morgan fingerprint density at radius 1 is 1.26 bits per heavy atom. The molecule has 4 heteroatoms. The van der Waals surface area contributed by atoms with Crippen LogP contribution in [0.1, 0.15) is 11.1 Å². The summed E-state index contributed by atoms with van der Waals surface area (Å²) in [6.07, 6.45) is 0. The lowest BCUT2D eigenvalue weighted by Crippen LogP contribution is -2.17. The smallest absolute Gasteiger partial charge is 0.146 e. The molecule has 2 nitrogen and oxygen atoms in total. The van der Waals surface area contributed by atoms with Crippen molar-refractivity contribution in [1.82, 2.24) is 0 Å². The Morgan fingerprint density at radius 2 is 2.00 bits per heavy atom. The number of halogens is 2. The monoisotopic (exact) mass is 274 g/mol. The highest BCUT2D eigenvalue weighted by molar-refractivity contribution is 6.31. The minimum atomic E-state index is -0.269. The number of nitrogens with zero attached hydrogens (tertiary/aromatic N) is 2. The van der Waals surface area contributed by atoms with Crippen molar-refractivity contribution in [3.63, 3.8) is 0 Å². The van der Waals surface area contributed by atoms with Crippen molar-refractivity contribution in [2.24, 2.45) is 0 Å². The van der Waals surface area contributed by atoms with E-state index in [0.29, 0.717) is 22.8 Å². The van der Waals surface area contributed by atoms with Crippen LogP contribution >= 0.6 is 11.6 Å². The molecule has 0 heterocycles. The Balaban J connectivity index is 2.22. The summed E-state index contributed by atoms with van der Waals surface area (Å²) in [5, 5.41) is 9.30. The summed E-state index contributed by atoms with van der Waals surface area (Å²) in [6, 6.07) is 13.7. The first-order chi connectivity index (χ1) is 9.11. The zero-order chi connectivity index (χ0) is 13.8. The molecule has 0 bridgehead atoms. The maximum absolute atomic E-state index is 13.6. The van der Waals surface area contributed by atoms with Gasteiger partial charge in [-0.25, -0.2) is 4.39 Å². The van der Waals surface area contributed by atoms with Crippen LogP contribution in [0.2, 0.25) is 5.02 Å². The lowest BCUT2D eigenvalue weighted by molar-refractivity contribution is 0.622. The molecule has 0 fully saturated rings. The van der Waals surface area contributed by atoms with Gasteiger partial charge in [0.2, 0.25) is 0 Å². The predicted octanol–water partition coefficient (Wildman–Crippen LogP) is 3.99. The van der Waals surface area contributed by atoms with Gasteiger partial charge in [0, 0.05) is 18.6 Å². The topological polar surface area (TPSA) is 27.0 Å². The van der Waals surface area contributed by atoms with Crippen molar-refractivity contribution in [1.29, 1.82) is 5.26 Å². The predicted molar refractivity (Wildman–Crippen MR) is 74.7 cm³/mol. The number of hydrogen-bond acceptors (Lipinski definition) is 2. The molecule has 0 aliphatic rings. The Kier molecular flexibility index (Phi) is 4.03. The molecule has 0 aromatic heterocycles. The molecular formula is C15H12ClFN2. The van der Waals surface area contributed by atoms with Crippen molar-refractivity contribution >= 4 is 17.3 Å². The number of anilines is 1. The summed E-state index contributed by atoms with van der Waals surface area (Å²) in [5.74, 6) is -0.269. The Bertz CT molecular complexity index is 634. The van der Waals surface area contributed by atoms with Gasteiger partial charge in [-0.1, -0.05) is 29.8 Å². The third kappa shape index (κ3) is 3.04. The Morgan fingerprint density at radius 3 is 2.63 bits per heavy atom. The molecule has 0 N–H and O–H groups in total. The van der Waals surface area contributed by atoms with Crippen LogP contribution < -0.4 is 4.90 Å². The van der Waals surface area contributed by atoms with Crippen LogP contribution in [-0.4, -0.2) is 7.05 Å². The van der Waals surface area contributed by atoms with Crippen LogP contribution in [0, 0.1) is 17.1 Å². The summed E-state index contributed by atoms with van der Waals surface area (Å²) >= 11 is 6.11. The molecular weight excluding hydrogens is 263 g/mol. The highest BCUT2D eigenvalue weighted by atomic mass is 35.5. The zero-order valence-corrected chi connectivity index (χ0v) is 11.2. The third-order valence-corrected chi connectivity index (χ3v) is 3.21. The van der Waals surface area contributed by atoms with E-state index in [1.54, 1.807) is 48.3 Å². The molecule has 19 heavy (non-hydrogen) atoms. The zero-order valence-electron chi connectivity index (χ0n) is 10.4. The maximum Gasteiger partial charge on any atom is 0.146 e. The van der Waals surface area contributed by atoms with Gasteiger partial charge in [-0.15, -0.1) is 0 Å². The fraction of sp³-hybridized carbons (Fsp3) is 0.133. The number of rotatable bonds is 3.